The van der Waals surface area contributed by atoms with Gasteiger partial charge in [-0.15, -0.1) is 0 Å². The number of aromatic nitrogens is 3. The lowest BCUT2D eigenvalue weighted by molar-refractivity contribution is -0.122. The summed E-state index contributed by atoms with van der Waals surface area (Å²) in [5, 5.41) is 6.89. The molecule has 3 rings (SSSR count). The molecule has 1 unspecified atom stereocenters. The maximum Gasteiger partial charge on any atom is 0.290 e. The van der Waals surface area contributed by atoms with Crippen LogP contribution in [-0.4, -0.2) is 64.4 Å². The minimum atomic E-state index is -0.250. The molecular weight excluding hydrogens is 300 g/mol. The van der Waals surface area contributed by atoms with E-state index in [0.29, 0.717) is 11.4 Å². The first-order valence-corrected chi connectivity index (χ1v) is 7.51. The van der Waals surface area contributed by atoms with Crippen LogP contribution in [0.2, 0.25) is 0 Å². The molecule has 0 bridgehead atoms. The summed E-state index contributed by atoms with van der Waals surface area (Å²) in [6.45, 7) is 4.34. The van der Waals surface area contributed by atoms with E-state index in [-0.39, 0.29) is 12.0 Å². The van der Waals surface area contributed by atoms with E-state index in [4.69, 9.17) is 14.6 Å². The number of likely N-dealkylation sites (tertiary alicyclic amines) is 1. The van der Waals surface area contributed by atoms with Crippen molar-refractivity contribution < 1.29 is 14.6 Å². The van der Waals surface area contributed by atoms with Crippen LogP contribution in [0.1, 0.15) is 6.42 Å². The van der Waals surface area contributed by atoms with Gasteiger partial charge in [0.1, 0.15) is 5.52 Å². The van der Waals surface area contributed by atoms with Gasteiger partial charge in [-0.2, -0.15) is 0 Å². The summed E-state index contributed by atoms with van der Waals surface area (Å²) in [5.41, 5.74) is 1.36. The van der Waals surface area contributed by atoms with Crippen LogP contribution in [0.25, 0.3) is 11.0 Å². The first kappa shape index (κ1) is 17.2. The molecule has 1 aliphatic heterocycles. The Morgan fingerprint density at radius 3 is 3.09 bits per heavy atom. The molecule has 3 heterocycles. The molecule has 2 aromatic rings. The molecule has 0 radical (unpaired) electrons. The minimum Gasteiger partial charge on any atom is -0.483 e. The topological polar surface area (TPSA) is 100 Å². The highest BCUT2D eigenvalue weighted by atomic mass is 16.5. The number of H-pyrrole nitrogens is 1. The van der Waals surface area contributed by atoms with Gasteiger partial charge in [-0.1, -0.05) is 0 Å². The van der Waals surface area contributed by atoms with E-state index in [1.165, 1.54) is 0 Å². The molecule has 0 aromatic carbocycles. The van der Waals surface area contributed by atoms with Gasteiger partial charge in [0.15, 0.2) is 0 Å². The van der Waals surface area contributed by atoms with Crippen LogP contribution in [0.15, 0.2) is 23.4 Å². The fraction of sp³-hybridized carbons (Fsp3) is 0.533. The molecule has 0 aliphatic carbocycles. The summed E-state index contributed by atoms with van der Waals surface area (Å²) in [6, 6.07) is 1.82. The van der Waals surface area contributed by atoms with Gasteiger partial charge in [-0.3, -0.25) is 14.2 Å². The second-order valence-corrected chi connectivity index (χ2v) is 5.49. The molecule has 8 heteroatoms. The summed E-state index contributed by atoms with van der Waals surface area (Å²) >= 11 is 0. The number of fused-ring (bicyclic) bond motifs is 1. The highest BCUT2D eigenvalue weighted by Gasteiger charge is 2.22. The normalized spacial score (nSPS) is 17.9. The molecule has 1 aliphatic rings. The van der Waals surface area contributed by atoms with E-state index < -0.39 is 0 Å². The van der Waals surface area contributed by atoms with E-state index in [9.17, 15) is 4.79 Å². The first-order chi connectivity index (χ1) is 11.2. The number of methoxy groups -OCH3 is 1. The molecular formula is C15H22N4O4. The third kappa shape index (κ3) is 4.40. The van der Waals surface area contributed by atoms with Gasteiger partial charge >= 0.3 is 0 Å². The molecule has 0 saturated carbocycles. The summed E-state index contributed by atoms with van der Waals surface area (Å²) in [5.74, 6) is 0.513. The van der Waals surface area contributed by atoms with Gasteiger partial charge in [0.25, 0.3) is 12.0 Å². The molecule has 1 saturated heterocycles. The summed E-state index contributed by atoms with van der Waals surface area (Å²) < 4.78 is 6.83. The van der Waals surface area contributed by atoms with Gasteiger partial charge in [-0.25, -0.2) is 4.98 Å². The van der Waals surface area contributed by atoms with Crippen LogP contribution < -0.4 is 5.56 Å². The van der Waals surface area contributed by atoms with Crippen LogP contribution in [-0.2, 0) is 16.1 Å². The van der Waals surface area contributed by atoms with Crippen molar-refractivity contribution in [2.45, 2.75) is 13.0 Å². The van der Waals surface area contributed by atoms with Crippen LogP contribution in [0, 0.1) is 5.92 Å². The number of nitrogens with zero attached hydrogens (tertiary/aromatic N) is 3. The lowest BCUT2D eigenvalue weighted by atomic mass is 10.1. The maximum atomic E-state index is 12.3. The van der Waals surface area contributed by atoms with Crippen molar-refractivity contribution in [1.29, 1.82) is 0 Å². The van der Waals surface area contributed by atoms with Crippen molar-refractivity contribution in [2.24, 2.45) is 5.92 Å². The van der Waals surface area contributed by atoms with Crippen LogP contribution >= 0.6 is 0 Å². The molecule has 0 spiro atoms. The summed E-state index contributed by atoms with van der Waals surface area (Å²) in [7, 11) is 1.73. The van der Waals surface area contributed by atoms with E-state index >= 15 is 0 Å². The molecule has 2 aromatic heterocycles. The molecule has 8 nitrogen and oxygen atoms in total. The lowest BCUT2D eigenvalue weighted by Crippen LogP contribution is -2.28. The van der Waals surface area contributed by atoms with Gasteiger partial charge in [0.05, 0.1) is 18.5 Å². The summed E-state index contributed by atoms with van der Waals surface area (Å²) in [6.07, 6.45) is 4.54. The highest BCUT2D eigenvalue weighted by molar-refractivity contribution is 5.73. The zero-order chi connectivity index (χ0) is 16.7. The minimum absolute atomic E-state index is 0.0235. The molecule has 1 atom stereocenters. The smallest absolute Gasteiger partial charge is 0.290 e. The van der Waals surface area contributed by atoms with Gasteiger partial charge in [-0.05, 0) is 24.9 Å². The van der Waals surface area contributed by atoms with Gasteiger partial charge < -0.3 is 19.7 Å². The number of carboxylic acid groups (broad SMARTS) is 1. The predicted octanol–water partition coefficient (Wildman–Crippen LogP) is 0.394. The Morgan fingerprint density at radius 2 is 2.35 bits per heavy atom. The fourth-order valence-corrected chi connectivity index (χ4v) is 2.86. The molecule has 23 heavy (non-hydrogen) atoms. The standard InChI is InChI=1S/C14H20N4O2.CH2O2/c1-20-7-6-17-5-3-11(8-17)9-18-10-16-12-2-4-15-13(12)14(18)19;2-1-3/h2,4,10-11,15H,3,5-9H2,1H3;1H,(H,2,3). The summed E-state index contributed by atoms with van der Waals surface area (Å²) in [4.78, 5) is 30.3. The third-order valence-corrected chi connectivity index (χ3v) is 3.97. The van der Waals surface area contributed by atoms with Crippen LogP contribution in [0.3, 0.4) is 0 Å². The SMILES string of the molecule is COCCN1CCC(Cn2cnc3cc[nH]c3c2=O)C1.O=CO. The van der Waals surface area contributed by atoms with Crippen molar-refractivity contribution in [3.05, 3.63) is 28.9 Å². The number of rotatable bonds is 5. The molecule has 0 amide bonds. The Hall–Kier alpha value is -2.19. The van der Waals surface area contributed by atoms with E-state index in [1.807, 2.05) is 6.07 Å². The average molecular weight is 322 g/mol. The second kappa shape index (κ2) is 8.44. The Kier molecular flexibility index (Phi) is 6.30. The number of hydrogen-bond donors (Lipinski definition) is 2. The monoisotopic (exact) mass is 322 g/mol. The number of ether oxygens (including phenoxy) is 1. The third-order valence-electron chi connectivity index (χ3n) is 3.97. The van der Waals surface area contributed by atoms with Crippen LogP contribution in [0.4, 0.5) is 0 Å². The Bertz CT molecular complexity index is 681. The quantitative estimate of drug-likeness (QED) is 0.773. The fourth-order valence-electron chi connectivity index (χ4n) is 2.86. The van der Waals surface area contributed by atoms with Crippen molar-refractivity contribution >= 4 is 17.5 Å². The molecule has 126 valence electrons. The zero-order valence-corrected chi connectivity index (χ0v) is 13.1. The zero-order valence-electron chi connectivity index (χ0n) is 13.1. The lowest BCUT2D eigenvalue weighted by Gasteiger charge is -2.15. The maximum absolute atomic E-state index is 12.3. The highest BCUT2D eigenvalue weighted by Crippen LogP contribution is 2.17. The number of aromatic amines is 1. The molecule has 1 fully saturated rings. The molecule has 2 N–H and O–H groups in total. The Labute approximate surface area is 133 Å². The predicted molar refractivity (Wildman–Crippen MR) is 85.5 cm³/mol. The first-order valence-electron chi connectivity index (χ1n) is 7.51. The van der Waals surface area contributed by atoms with Crippen molar-refractivity contribution in [3.63, 3.8) is 0 Å². The number of hydrogen-bond acceptors (Lipinski definition) is 5. The van der Waals surface area contributed by atoms with E-state index in [2.05, 4.69) is 14.9 Å². The van der Waals surface area contributed by atoms with Crippen molar-refractivity contribution in [1.82, 2.24) is 19.4 Å². The number of carbonyl (C=O) groups is 1. The van der Waals surface area contributed by atoms with Crippen molar-refractivity contribution in [2.75, 3.05) is 33.4 Å². The Balaban J connectivity index is 0.000000595. The van der Waals surface area contributed by atoms with E-state index in [1.54, 1.807) is 24.2 Å². The van der Waals surface area contributed by atoms with Gasteiger partial charge in [0, 0.05) is 32.9 Å². The van der Waals surface area contributed by atoms with E-state index in [0.717, 1.165) is 44.7 Å². The van der Waals surface area contributed by atoms with Crippen LogP contribution in [0.5, 0.6) is 0 Å². The Morgan fingerprint density at radius 1 is 1.57 bits per heavy atom. The van der Waals surface area contributed by atoms with Gasteiger partial charge in [0.2, 0.25) is 0 Å². The largest absolute Gasteiger partial charge is 0.483 e. The number of nitrogens with one attached hydrogen (secondary N) is 1. The average Bonchev–Trinajstić information content (AvgIpc) is 3.18. The second-order valence-electron chi connectivity index (χ2n) is 5.49. The van der Waals surface area contributed by atoms with Crippen molar-refractivity contribution in [3.8, 4) is 0 Å².